The summed E-state index contributed by atoms with van der Waals surface area (Å²) < 4.78 is 0. The molecule has 0 nitrogen and oxygen atoms in total. The van der Waals surface area contributed by atoms with Crippen LogP contribution in [-0.4, -0.2) is 0 Å². The van der Waals surface area contributed by atoms with Crippen LogP contribution in [0.25, 0.3) is 43.1 Å². The van der Waals surface area contributed by atoms with E-state index in [-0.39, 0.29) is 0 Å². The van der Waals surface area contributed by atoms with Gasteiger partial charge >= 0.3 is 0 Å². The predicted octanol–water partition coefficient (Wildman–Crippen LogP) is 8.84. The molecule has 5 aromatic carbocycles. The first kappa shape index (κ1) is 17.8. The lowest BCUT2D eigenvalue weighted by Crippen LogP contribution is -1.88. The first-order valence-corrected chi connectivity index (χ1v) is 10.3. The van der Waals surface area contributed by atoms with Gasteiger partial charge in [0.05, 0.1) is 10.0 Å². The second kappa shape index (κ2) is 6.11. The summed E-state index contributed by atoms with van der Waals surface area (Å²) in [6, 6.07) is 17.6. The van der Waals surface area contributed by atoms with E-state index in [1.807, 2.05) is 0 Å². The van der Waals surface area contributed by atoms with Crippen LogP contribution < -0.4 is 0 Å². The molecule has 0 bridgehead atoms. The van der Waals surface area contributed by atoms with Crippen LogP contribution in [-0.2, 0) is 0 Å². The lowest BCUT2D eigenvalue weighted by Gasteiger charge is -2.14. The third-order valence-corrected chi connectivity index (χ3v) is 6.94. The average molecular weight is 403 g/mol. The van der Waals surface area contributed by atoms with E-state index < -0.39 is 0 Å². The van der Waals surface area contributed by atoms with Crippen molar-refractivity contribution < 1.29 is 0 Å². The van der Waals surface area contributed by atoms with Crippen molar-refractivity contribution in [3.8, 4) is 0 Å². The summed E-state index contributed by atoms with van der Waals surface area (Å²) in [6.07, 6.45) is 0. The highest BCUT2D eigenvalue weighted by Crippen LogP contribution is 2.42. The van der Waals surface area contributed by atoms with Gasteiger partial charge in [-0.25, -0.2) is 0 Å². The summed E-state index contributed by atoms with van der Waals surface area (Å²) in [6.45, 7) is 8.57. The van der Waals surface area contributed by atoms with Crippen molar-refractivity contribution in [2.75, 3.05) is 0 Å². The van der Waals surface area contributed by atoms with Crippen LogP contribution in [0.3, 0.4) is 0 Å². The summed E-state index contributed by atoms with van der Waals surface area (Å²) in [5.74, 6) is 0. The molecule has 0 spiro atoms. The van der Waals surface area contributed by atoms with E-state index in [0.29, 0.717) is 0 Å². The van der Waals surface area contributed by atoms with E-state index in [1.165, 1.54) is 43.8 Å². The van der Waals surface area contributed by atoms with Crippen molar-refractivity contribution in [2.45, 2.75) is 27.7 Å². The Balaban J connectivity index is 1.97. The van der Waals surface area contributed by atoms with Crippen molar-refractivity contribution in [3.05, 3.63) is 80.8 Å². The summed E-state index contributed by atoms with van der Waals surface area (Å²) in [5.41, 5.74) is 5.14. The third-order valence-electron chi connectivity index (χ3n) is 6.12. The van der Waals surface area contributed by atoms with Crippen LogP contribution in [0.15, 0.2) is 48.5 Å². The molecule has 0 atom stereocenters. The van der Waals surface area contributed by atoms with E-state index in [1.54, 1.807) is 0 Å². The first-order chi connectivity index (χ1) is 13.3. The zero-order valence-electron chi connectivity index (χ0n) is 16.4. The second-order valence-corrected chi connectivity index (χ2v) is 8.75. The number of fused-ring (bicyclic) bond motifs is 4. The minimum absolute atomic E-state index is 0.773. The largest absolute Gasteiger partial charge is 0.0830 e. The Hall–Kier alpha value is -2.28. The van der Waals surface area contributed by atoms with Gasteiger partial charge in [-0.3, -0.25) is 0 Å². The lowest BCUT2D eigenvalue weighted by atomic mass is 9.94. The molecule has 0 aliphatic heterocycles. The van der Waals surface area contributed by atoms with Gasteiger partial charge in [0.1, 0.15) is 0 Å². The second-order valence-electron chi connectivity index (χ2n) is 7.99. The van der Waals surface area contributed by atoms with Gasteiger partial charge in [0, 0.05) is 21.5 Å². The number of benzene rings is 5. The van der Waals surface area contributed by atoms with Gasteiger partial charge in [-0.1, -0.05) is 47.5 Å². The van der Waals surface area contributed by atoms with Crippen LogP contribution in [0, 0.1) is 27.7 Å². The van der Waals surface area contributed by atoms with E-state index in [4.69, 9.17) is 23.2 Å². The fourth-order valence-corrected chi connectivity index (χ4v) is 4.80. The molecule has 0 aromatic heterocycles. The Morgan fingerprint density at radius 3 is 0.821 bits per heavy atom. The van der Waals surface area contributed by atoms with Crippen LogP contribution in [0.2, 0.25) is 10.0 Å². The van der Waals surface area contributed by atoms with Gasteiger partial charge in [0.15, 0.2) is 0 Å². The summed E-state index contributed by atoms with van der Waals surface area (Å²) in [4.78, 5) is 0. The van der Waals surface area contributed by atoms with Gasteiger partial charge < -0.3 is 0 Å². The van der Waals surface area contributed by atoms with Gasteiger partial charge in [-0.05, 0) is 95.8 Å². The minimum Gasteiger partial charge on any atom is -0.0830 e. The Labute approximate surface area is 174 Å². The molecular formula is C26H20Cl2. The number of hydrogen-bond acceptors (Lipinski definition) is 0. The molecule has 28 heavy (non-hydrogen) atoms. The maximum absolute atomic E-state index is 6.93. The molecule has 5 rings (SSSR count). The highest BCUT2D eigenvalue weighted by molar-refractivity contribution is 6.48. The lowest BCUT2D eigenvalue weighted by molar-refractivity contribution is 1.37. The molecule has 0 saturated heterocycles. The van der Waals surface area contributed by atoms with E-state index in [0.717, 1.165) is 31.6 Å². The fourth-order valence-electron chi connectivity index (χ4n) is 4.17. The molecule has 0 aliphatic rings. The Bertz CT molecular complexity index is 1240. The maximum Gasteiger partial charge on any atom is 0.0564 e. The summed E-state index contributed by atoms with van der Waals surface area (Å²) >= 11 is 13.9. The zero-order valence-corrected chi connectivity index (χ0v) is 17.9. The van der Waals surface area contributed by atoms with Crippen LogP contribution in [0.1, 0.15) is 22.3 Å². The monoisotopic (exact) mass is 402 g/mol. The molecular weight excluding hydrogens is 383 g/mol. The van der Waals surface area contributed by atoms with Crippen molar-refractivity contribution in [1.82, 2.24) is 0 Å². The highest BCUT2D eigenvalue weighted by atomic mass is 35.5. The fraction of sp³-hybridized carbons (Fsp3) is 0.154. The molecule has 138 valence electrons. The van der Waals surface area contributed by atoms with Gasteiger partial charge in [-0.2, -0.15) is 0 Å². The molecule has 0 aliphatic carbocycles. The van der Waals surface area contributed by atoms with Crippen molar-refractivity contribution in [3.63, 3.8) is 0 Å². The minimum atomic E-state index is 0.773. The molecule has 0 amide bonds. The zero-order chi connectivity index (χ0) is 19.7. The van der Waals surface area contributed by atoms with Crippen LogP contribution in [0.4, 0.5) is 0 Å². The Morgan fingerprint density at radius 1 is 0.393 bits per heavy atom. The van der Waals surface area contributed by atoms with Gasteiger partial charge in [0.2, 0.25) is 0 Å². The van der Waals surface area contributed by atoms with Gasteiger partial charge in [-0.15, -0.1) is 0 Å². The smallest absolute Gasteiger partial charge is 0.0564 e. The molecule has 0 fully saturated rings. The normalized spacial score (nSPS) is 11.9. The van der Waals surface area contributed by atoms with E-state index in [9.17, 15) is 0 Å². The quantitative estimate of drug-likeness (QED) is 0.227. The number of halogens is 2. The molecule has 0 saturated carbocycles. The third kappa shape index (κ3) is 2.52. The molecule has 0 N–H and O–H groups in total. The summed E-state index contributed by atoms with van der Waals surface area (Å²) in [7, 11) is 0. The molecule has 2 heteroatoms. The van der Waals surface area contributed by atoms with Crippen LogP contribution >= 0.6 is 23.2 Å². The molecule has 0 radical (unpaired) electrons. The van der Waals surface area contributed by atoms with E-state index >= 15 is 0 Å². The first-order valence-electron chi connectivity index (χ1n) is 9.50. The number of aryl methyl sites for hydroxylation is 4. The highest BCUT2D eigenvalue weighted by Gasteiger charge is 2.14. The number of hydrogen-bond donors (Lipinski definition) is 0. The van der Waals surface area contributed by atoms with Crippen molar-refractivity contribution >= 4 is 66.3 Å². The Morgan fingerprint density at radius 2 is 0.607 bits per heavy atom. The maximum atomic E-state index is 6.93. The van der Waals surface area contributed by atoms with Gasteiger partial charge in [0.25, 0.3) is 0 Å². The van der Waals surface area contributed by atoms with Crippen LogP contribution in [0.5, 0.6) is 0 Å². The van der Waals surface area contributed by atoms with E-state index in [2.05, 4.69) is 76.2 Å². The standard InChI is InChI=1S/C26H20Cl2/c1-13-5-17-9-21-22(10-18(17)6-14(13)2)26(28)24-12-20-8-16(4)15(3)7-19(20)11-23(24)25(21)27/h5-12H,1-4H3. The summed E-state index contributed by atoms with van der Waals surface area (Å²) in [5, 5.41) is 10.4. The topological polar surface area (TPSA) is 0 Å². The molecule has 5 aromatic rings. The predicted molar refractivity (Wildman–Crippen MR) is 125 cm³/mol. The molecule has 0 heterocycles. The number of rotatable bonds is 0. The Kier molecular flexibility index (Phi) is 3.88. The average Bonchev–Trinajstić information content (AvgIpc) is 2.66. The van der Waals surface area contributed by atoms with Crippen molar-refractivity contribution in [2.24, 2.45) is 0 Å². The SMILES string of the molecule is Cc1cc2cc3c(Cl)c4cc5cc(C)c(C)cc5cc4c(Cl)c3cc2cc1C. The van der Waals surface area contributed by atoms with Crippen molar-refractivity contribution in [1.29, 1.82) is 0 Å². The molecule has 0 unspecified atom stereocenters.